The summed E-state index contributed by atoms with van der Waals surface area (Å²) in [6.45, 7) is 3.44. The van der Waals surface area contributed by atoms with Crippen molar-refractivity contribution in [3.8, 4) is 11.5 Å². The van der Waals surface area contributed by atoms with E-state index in [0.717, 1.165) is 0 Å². The number of carboxylic acid groups (broad SMARTS) is 1. The third kappa shape index (κ3) is 11.6. The number of ether oxygens (including phenoxy) is 1. The van der Waals surface area contributed by atoms with Gasteiger partial charge in [-0.05, 0) is 73.4 Å². The molecule has 2 aromatic rings. The second kappa shape index (κ2) is 22.0. The molecule has 11 N–H and O–H groups in total. The van der Waals surface area contributed by atoms with Crippen LogP contribution in [-0.4, -0.2) is 119 Å². The molecule has 0 spiro atoms. The smallest absolute Gasteiger partial charge is 0.540 e. The second-order valence-corrected chi connectivity index (χ2v) is 15.6. The summed E-state index contributed by atoms with van der Waals surface area (Å²) >= 11 is 0. The van der Waals surface area contributed by atoms with Crippen LogP contribution in [0.4, 0.5) is 5.69 Å². The van der Waals surface area contributed by atoms with Crippen molar-refractivity contribution in [1.82, 2.24) is 37.2 Å². The van der Waals surface area contributed by atoms with Crippen molar-refractivity contribution in [2.24, 2.45) is 5.92 Å². The molecule has 3 aliphatic rings. The number of aliphatic carboxylic acids is 1. The molecule has 334 valence electrons. The van der Waals surface area contributed by atoms with E-state index in [2.05, 4.69) is 42.5 Å². The summed E-state index contributed by atoms with van der Waals surface area (Å²) in [7, 11) is 0. The number of hydrogen-bond acceptors (Lipinski definition) is 13. The number of aliphatic hydroxyl groups is 1. The average molecular weight is 887 g/mol. The Balaban J connectivity index is 0.00000871. The number of aliphatic hydroxyl groups excluding tert-OH is 1. The van der Waals surface area contributed by atoms with E-state index in [1.165, 1.54) is 18.4 Å². The Hall–Kier alpha value is -5.77. The summed E-state index contributed by atoms with van der Waals surface area (Å²) in [5, 5.41) is 52.6. The number of para-hydroxylation sites is 1. The van der Waals surface area contributed by atoms with Gasteiger partial charge in [0.2, 0.25) is 41.9 Å². The van der Waals surface area contributed by atoms with E-state index in [1.807, 2.05) is 13.8 Å². The average Bonchev–Trinajstić information content (AvgIpc) is 3.90. The molecule has 63 heavy (non-hydrogen) atoms. The number of fused-ring (bicyclic) bond motifs is 5. The first-order chi connectivity index (χ1) is 29.5. The van der Waals surface area contributed by atoms with Gasteiger partial charge in [-0.3, -0.25) is 38.4 Å². The van der Waals surface area contributed by atoms with Crippen molar-refractivity contribution in [3.63, 3.8) is 0 Å². The van der Waals surface area contributed by atoms with E-state index in [4.69, 9.17) is 9.84 Å². The molecular formula is C41H51N8NaO13. The molecule has 22 heteroatoms. The molecule has 3 aliphatic heterocycles. The zero-order chi connectivity index (χ0) is 45.3. The number of phenolic OH excluding ortho intramolecular Hbond substituents is 1. The number of anilines is 1. The van der Waals surface area contributed by atoms with Gasteiger partial charge in [0.15, 0.2) is 6.23 Å². The standard InChI is InChI=1S/C41H51N8O13.Na/c1-4-29(53)48-27(37(59)44-17-31(55)43-18-32(56)57)16-41-24-6-5-7-28(52)33(24)49-40(41)62-36-23(13-20(2)12-21(3)46-38(60)26-8-9-30(54)47-26)14-22(15-25(36)41)35(58)34(45-19-51)39(61)42-10-11-50;/h5-7,14-15,19-21,26-27,34-35,40,49,52,58H,4,8-10,12-13,16-18H2,1-3H3,(H,42,61)(H,43,55)(H,44,59)(H,45,51)(H,46,60)(H,47,54)(H,48,53)(H,56,57);/q-1;+1/t20?,21?,26?,27?,34?,35?,40?,41-;/m0./s1. The van der Waals surface area contributed by atoms with Gasteiger partial charge in [0, 0.05) is 24.4 Å². The Morgan fingerprint density at radius 3 is 2.40 bits per heavy atom. The minimum absolute atomic E-state index is 0. The second-order valence-electron chi connectivity index (χ2n) is 15.6. The van der Waals surface area contributed by atoms with Crippen molar-refractivity contribution in [1.29, 1.82) is 0 Å². The minimum atomic E-state index is -1.75. The Bertz CT molecular complexity index is 2110. The van der Waals surface area contributed by atoms with Crippen molar-refractivity contribution in [3.05, 3.63) is 52.6 Å². The molecule has 1 fully saturated rings. The van der Waals surface area contributed by atoms with Crippen LogP contribution in [0.1, 0.15) is 81.2 Å². The Morgan fingerprint density at radius 2 is 1.75 bits per heavy atom. The van der Waals surface area contributed by atoms with E-state index in [0.29, 0.717) is 35.3 Å². The first kappa shape index (κ1) is 49.9. The number of carbonyl (C=O) groups excluding carboxylic acids is 8. The fraction of sp³-hybridized carbons (Fsp3) is 0.488. The van der Waals surface area contributed by atoms with Crippen LogP contribution in [0.2, 0.25) is 0 Å². The zero-order valence-corrected chi connectivity index (χ0v) is 37.3. The molecule has 7 amide bonds. The summed E-state index contributed by atoms with van der Waals surface area (Å²) in [6.07, 6.45) is -0.0815. The number of amides is 7. The molecule has 0 bridgehead atoms. The summed E-state index contributed by atoms with van der Waals surface area (Å²) in [4.78, 5) is 111. The van der Waals surface area contributed by atoms with E-state index < -0.39 is 85.1 Å². The molecule has 1 saturated heterocycles. The topological polar surface area (TPSA) is 320 Å². The van der Waals surface area contributed by atoms with Crippen LogP contribution in [0.5, 0.6) is 11.5 Å². The van der Waals surface area contributed by atoms with Gasteiger partial charge in [0.05, 0.1) is 17.6 Å². The molecule has 8 atom stereocenters. The van der Waals surface area contributed by atoms with E-state index in [1.54, 1.807) is 25.1 Å². The monoisotopic (exact) mass is 886 g/mol. The SMILES string of the molecule is CCC(=O)NC(C[C@@]12c3cccc(O)c3NC1Oc1c(CC(C)CC(C)NC(=O)C3CCC(=O)N3)cc(C(O)C(NC=O)C(=O)NC[C-]=O)cc12)C(=O)NCC(=O)NCC(=O)O.[Na+]. The van der Waals surface area contributed by atoms with Crippen molar-refractivity contribution >= 4 is 59.8 Å². The largest absolute Gasteiger partial charge is 1.00 e. The predicted octanol–water partition coefficient (Wildman–Crippen LogP) is -4.85. The molecule has 7 unspecified atom stereocenters. The van der Waals surface area contributed by atoms with Gasteiger partial charge in [-0.2, -0.15) is 0 Å². The summed E-state index contributed by atoms with van der Waals surface area (Å²) in [5.41, 5.74) is 0.160. The van der Waals surface area contributed by atoms with Gasteiger partial charge in [-0.25, -0.2) is 6.29 Å². The third-order valence-electron chi connectivity index (χ3n) is 11.1. The minimum Gasteiger partial charge on any atom is -0.540 e. The van der Waals surface area contributed by atoms with Crippen LogP contribution in [0, 0.1) is 5.92 Å². The van der Waals surface area contributed by atoms with Crippen LogP contribution in [0.3, 0.4) is 0 Å². The van der Waals surface area contributed by atoms with Crippen molar-refractivity contribution in [2.75, 3.05) is 25.0 Å². The molecule has 3 heterocycles. The normalized spacial score (nSPS) is 20.1. The molecule has 0 aromatic heterocycles. The zero-order valence-electron chi connectivity index (χ0n) is 35.3. The molecule has 21 nitrogen and oxygen atoms in total. The molecule has 0 radical (unpaired) electrons. The number of carboxylic acids is 1. The Labute approximate surface area is 384 Å². The molecule has 5 rings (SSSR count). The summed E-state index contributed by atoms with van der Waals surface area (Å²) < 4.78 is 6.69. The first-order valence-corrected chi connectivity index (χ1v) is 20.1. The number of aromatic hydroxyl groups is 1. The number of nitrogens with one attached hydrogen (secondary N) is 8. The van der Waals surface area contributed by atoms with E-state index in [-0.39, 0.29) is 102 Å². The van der Waals surface area contributed by atoms with Crippen LogP contribution in [0.15, 0.2) is 30.3 Å². The number of carbonyl (C=O) groups is 8. The van der Waals surface area contributed by atoms with Crippen molar-refractivity contribution < 1.29 is 92.8 Å². The van der Waals surface area contributed by atoms with E-state index >= 15 is 0 Å². The molecule has 2 aromatic carbocycles. The van der Waals surface area contributed by atoms with Crippen LogP contribution < -0.4 is 76.8 Å². The summed E-state index contributed by atoms with van der Waals surface area (Å²) in [5.74, 6) is -4.96. The van der Waals surface area contributed by atoms with Gasteiger partial charge in [-0.1, -0.05) is 32.5 Å². The quantitative estimate of drug-likeness (QED) is 0.0229. The van der Waals surface area contributed by atoms with Gasteiger partial charge in [0.25, 0.3) is 0 Å². The number of rotatable bonds is 22. The summed E-state index contributed by atoms with van der Waals surface area (Å²) in [6, 6.07) is 3.80. The van der Waals surface area contributed by atoms with Crippen LogP contribution in [0.25, 0.3) is 0 Å². The third-order valence-corrected chi connectivity index (χ3v) is 11.1. The fourth-order valence-electron chi connectivity index (χ4n) is 8.27. The van der Waals surface area contributed by atoms with Gasteiger partial charge < -0.3 is 67.4 Å². The predicted molar refractivity (Wildman–Crippen MR) is 217 cm³/mol. The van der Waals surface area contributed by atoms with Gasteiger partial charge >= 0.3 is 35.5 Å². The van der Waals surface area contributed by atoms with Crippen LogP contribution >= 0.6 is 0 Å². The van der Waals surface area contributed by atoms with Gasteiger partial charge in [0.1, 0.15) is 42.3 Å². The molecular weight excluding hydrogens is 835 g/mol. The maximum absolute atomic E-state index is 14.0. The Kier molecular flexibility index (Phi) is 17.4. The Morgan fingerprint density at radius 1 is 1.00 bits per heavy atom. The fourth-order valence-corrected chi connectivity index (χ4v) is 8.27. The number of benzene rings is 2. The maximum atomic E-state index is 14.0. The van der Waals surface area contributed by atoms with E-state index in [9.17, 15) is 53.4 Å². The molecule has 0 saturated carbocycles. The maximum Gasteiger partial charge on any atom is 1.00 e. The van der Waals surface area contributed by atoms with Gasteiger partial charge in [-0.15, -0.1) is 0 Å². The van der Waals surface area contributed by atoms with Crippen molar-refractivity contribution in [2.45, 2.75) is 101 Å². The van der Waals surface area contributed by atoms with Crippen LogP contribution in [-0.2, 0) is 55.0 Å². The molecule has 0 aliphatic carbocycles. The first-order valence-electron chi connectivity index (χ1n) is 20.1. The number of hydrogen-bond donors (Lipinski definition) is 11. The number of phenols is 1.